The van der Waals surface area contributed by atoms with Crippen LogP contribution in [0.15, 0.2) is 67.0 Å². The number of pyridine rings is 2. The molecule has 0 aliphatic heterocycles. The van der Waals surface area contributed by atoms with E-state index in [0.717, 1.165) is 35.6 Å². The highest BCUT2D eigenvalue weighted by molar-refractivity contribution is 6.03. The minimum absolute atomic E-state index is 0.113. The molecular weight excluding hydrogens is 357 g/mol. The largest absolute Gasteiger partial charge is 0.416 e. The minimum Gasteiger partial charge on any atom is -0.378 e. The number of rotatable bonds is 5. The third kappa shape index (κ3) is 5.04. The standard InChI is InChI=1S/C19H15F3N4O/c20-19(21,22)14-6-4-13(5-7-14)18(27)26-17-9-8-16(12-25-17)24-11-15-3-1-2-10-23-15/h1-10,12,24H,11H2,(H,25,26,27). The Labute approximate surface area is 153 Å². The molecule has 0 spiro atoms. The summed E-state index contributed by atoms with van der Waals surface area (Å²) in [6.07, 6.45) is -1.19. The molecule has 2 N–H and O–H groups in total. The number of amides is 1. The van der Waals surface area contributed by atoms with Gasteiger partial charge in [0.25, 0.3) is 5.91 Å². The van der Waals surface area contributed by atoms with Gasteiger partial charge in [-0.25, -0.2) is 4.98 Å². The molecule has 0 saturated heterocycles. The van der Waals surface area contributed by atoms with Gasteiger partial charge in [-0.05, 0) is 48.5 Å². The lowest BCUT2D eigenvalue weighted by Crippen LogP contribution is -2.13. The van der Waals surface area contributed by atoms with Crippen LogP contribution in [0.4, 0.5) is 24.7 Å². The second-order valence-corrected chi connectivity index (χ2v) is 5.64. The minimum atomic E-state index is -4.44. The number of hydrogen-bond donors (Lipinski definition) is 2. The predicted molar refractivity (Wildman–Crippen MR) is 95.2 cm³/mol. The number of alkyl halides is 3. The van der Waals surface area contributed by atoms with Crippen LogP contribution in [0.5, 0.6) is 0 Å². The number of hydrogen-bond acceptors (Lipinski definition) is 4. The highest BCUT2D eigenvalue weighted by Crippen LogP contribution is 2.29. The van der Waals surface area contributed by atoms with Gasteiger partial charge < -0.3 is 10.6 Å². The van der Waals surface area contributed by atoms with Gasteiger partial charge in [0.05, 0.1) is 29.7 Å². The number of benzene rings is 1. The Morgan fingerprint density at radius 1 is 0.963 bits per heavy atom. The zero-order valence-corrected chi connectivity index (χ0v) is 14.0. The average Bonchev–Trinajstić information content (AvgIpc) is 2.68. The maximum atomic E-state index is 12.6. The molecule has 27 heavy (non-hydrogen) atoms. The molecule has 3 aromatic rings. The monoisotopic (exact) mass is 372 g/mol. The first-order valence-corrected chi connectivity index (χ1v) is 8.00. The topological polar surface area (TPSA) is 66.9 Å². The van der Waals surface area contributed by atoms with E-state index in [0.29, 0.717) is 12.4 Å². The molecule has 0 atom stereocenters. The summed E-state index contributed by atoms with van der Waals surface area (Å²) >= 11 is 0. The van der Waals surface area contributed by atoms with Crippen molar-refractivity contribution in [3.8, 4) is 0 Å². The van der Waals surface area contributed by atoms with E-state index < -0.39 is 17.6 Å². The van der Waals surface area contributed by atoms with Gasteiger partial charge in [0.1, 0.15) is 5.82 Å². The van der Waals surface area contributed by atoms with E-state index >= 15 is 0 Å². The van der Waals surface area contributed by atoms with Crippen molar-refractivity contribution in [2.24, 2.45) is 0 Å². The summed E-state index contributed by atoms with van der Waals surface area (Å²) in [5.41, 5.74) is 0.924. The first-order valence-electron chi connectivity index (χ1n) is 8.00. The first-order chi connectivity index (χ1) is 12.9. The smallest absolute Gasteiger partial charge is 0.378 e. The van der Waals surface area contributed by atoms with Gasteiger partial charge in [-0.2, -0.15) is 13.2 Å². The molecule has 0 saturated carbocycles. The van der Waals surface area contributed by atoms with E-state index in [-0.39, 0.29) is 5.56 Å². The lowest BCUT2D eigenvalue weighted by Gasteiger charge is -2.09. The molecule has 3 rings (SSSR count). The van der Waals surface area contributed by atoms with Crippen molar-refractivity contribution in [2.75, 3.05) is 10.6 Å². The molecule has 0 bridgehead atoms. The zero-order valence-electron chi connectivity index (χ0n) is 14.0. The van der Waals surface area contributed by atoms with Crippen LogP contribution in [0.2, 0.25) is 0 Å². The molecular formula is C19H15F3N4O. The van der Waals surface area contributed by atoms with Gasteiger partial charge in [-0.1, -0.05) is 6.07 Å². The van der Waals surface area contributed by atoms with Crippen LogP contribution in [0.25, 0.3) is 0 Å². The fourth-order valence-electron chi connectivity index (χ4n) is 2.27. The van der Waals surface area contributed by atoms with Crippen LogP contribution < -0.4 is 10.6 Å². The molecule has 5 nitrogen and oxygen atoms in total. The van der Waals surface area contributed by atoms with Crippen molar-refractivity contribution in [3.05, 3.63) is 83.8 Å². The molecule has 1 aromatic carbocycles. The Morgan fingerprint density at radius 2 is 1.74 bits per heavy atom. The summed E-state index contributed by atoms with van der Waals surface area (Å²) in [5, 5.41) is 5.70. The third-order valence-corrected chi connectivity index (χ3v) is 3.68. The predicted octanol–water partition coefficient (Wildman–Crippen LogP) is 4.36. The molecule has 2 heterocycles. The lowest BCUT2D eigenvalue weighted by atomic mass is 10.1. The van der Waals surface area contributed by atoms with Crippen molar-refractivity contribution in [1.29, 1.82) is 0 Å². The number of anilines is 2. The van der Waals surface area contributed by atoms with E-state index in [1.165, 1.54) is 0 Å². The highest BCUT2D eigenvalue weighted by atomic mass is 19.4. The molecule has 0 fully saturated rings. The lowest BCUT2D eigenvalue weighted by molar-refractivity contribution is -0.137. The molecule has 138 valence electrons. The zero-order chi connectivity index (χ0) is 19.3. The van der Waals surface area contributed by atoms with Gasteiger partial charge >= 0.3 is 6.18 Å². The first kappa shape index (κ1) is 18.4. The second-order valence-electron chi connectivity index (χ2n) is 5.64. The fraction of sp³-hybridized carbons (Fsp3) is 0.105. The highest BCUT2D eigenvalue weighted by Gasteiger charge is 2.30. The third-order valence-electron chi connectivity index (χ3n) is 3.68. The summed E-state index contributed by atoms with van der Waals surface area (Å²) in [6, 6.07) is 12.9. The summed E-state index contributed by atoms with van der Waals surface area (Å²) < 4.78 is 37.7. The molecule has 1 amide bonds. The molecule has 0 aliphatic rings. The van der Waals surface area contributed by atoms with E-state index in [1.54, 1.807) is 24.5 Å². The van der Waals surface area contributed by atoms with E-state index in [2.05, 4.69) is 20.6 Å². The Hall–Kier alpha value is -3.42. The summed E-state index contributed by atoms with van der Waals surface area (Å²) in [4.78, 5) is 20.4. The molecule has 8 heteroatoms. The van der Waals surface area contributed by atoms with Crippen molar-refractivity contribution < 1.29 is 18.0 Å². The van der Waals surface area contributed by atoms with Crippen LogP contribution in [0.3, 0.4) is 0 Å². The number of carbonyl (C=O) groups excluding carboxylic acids is 1. The summed E-state index contributed by atoms with van der Waals surface area (Å²) in [6.45, 7) is 0.528. The van der Waals surface area contributed by atoms with E-state index in [4.69, 9.17) is 0 Å². The van der Waals surface area contributed by atoms with Gasteiger partial charge in [-0.15, -0.1) is 0 Å². The van der Waals surface area contributed by atoms with E-state index in [9.17, 15) is 18.0 Å². The number of carbonyl (C=O) groups is 1. The van der Waals surface area contributed by atoms with Crippen molar-refractivity contribution in [2.45, 2.75) is 12.7 Å². The normalized spacial score (nSPS) is 11.1. The van der Waals surface area contributed by atoms with Crippen molar-refractivity contribution in [1.82, 2.24) is 9.97 Å². The van der Waals surface area contributed by atoms with Crippen LogP contribution in [0, 0.1) is 0 Å². The van der Waals surface area contributed by atoms with Gasteiger partial charge in [-0.3, -0.25) is 9.78 Å². The number of nitrogens with one attached hydrogen (secondary N) is 2. The van der Waals surface area contributed by atoms with Crippen LogP contribution in [-0.4, -0.2) is 15.9 Å². The number of nitrogens with zero attached hydrogens (tertiary/aromatic N) is 2. The Kier molecular flexibility index (Phi) is 5.35. The molecule has 0 unspecified atom stereocenters. The van der Waals surface area contributed by atoms with E-state index in [1.807, 2.05) is 18.2 Å². The van der Waals surface area contributed by atoms with Crippen molar-refractivity contribution >= 4 is 17.4 Å². The summed E-state index contributed by atoms with van der Waals surface area (Å²) in [7, 11) is 0. The fourth-order valence-corrected chi connectivity index (χ4v) is 2.27. The van der Waals surface area contributed by atoms with Gasteiger partial charge in [0.2, 0.25) is 0 Å². The van der Waals surface area contributed by atoms with Crippen LogP contribution >= 0.6 is 0 Å². The Morgan fingerprint density at radius 3 is 2.33 bits per heavy atom. The van der Waals surface area contributed by atoms with Crippen LogP contribution in [-0.2, 0) is 12.7 Å². The Balaban J connectivity index is 1.58. The molecule has 0 radical (unpaired) electrons. The number of halogens is 3. The number of aromatic nitrogens is 2. The maximum absolute atomic E-state index is 12.6. The van der Waals surface area contributed by atoms with Crippen molar-refractivity contribution in [3.63, 3.8) is 0 Å². The molecule has 2 aromatic heterocycles. The van der Waals surface area contributed by atoms with Gasteiger partial charge in [0.15, 0.2) is 0 Å². The SMILES string of the molecule is O=C(Nc1ccc(NCc2ccccn2)cn1)c1ccc(C(F)(F)F)cc1. The average molecular weight is 372 g/mol. The maximum Gasteiger partial charge on any atom is 0.416 e. The second kappa shape index (κ2) is 7.86. The quantitative estimate of drug-likeness (QED) is 0.698. The van der Waals surface area contributed by atoms with Crippen LogP contribution in [0.1, 0.15) is 21.6 Å². The van der Waals surface area contributed by atoms with Gasteiger partial charge in [0, 0.05) is 11.8 Å². The molecule has 0 aliphatic carbocycles. The Bertz CT molecular complexity index is 895. The summed E-state index contributed by atoms with van der Waals surface area (Å²) in [5.74, 6) is -0.242.